The molecule has 5 nitrogen and oxygen atoms in total. The molecule has 1 aromatic carbocycles. The molecular formula is C16H22O5. The second-order valence-corrected chi connectivity index (χ2v) is 4.81. The Kier molecular flexibility index (Phi) is 7.04. The summed E-state index contributed by atoms with van der Waals surface area (Å²) in [5, 5.41) is 0. The number of hydrogen-bond donors (Lipinski definition) is 0. The molecule has 0 aliphatic carbocycles. The molecule has 0 spiro atoms. The quantitative estimate of drug-likeness (QED) is 0.745. The maximum atomic E-state index is 10.9. The minimum Gasteiger partial charge on any atom is -0.490 e. The summed E-state index contributed by atoms with van der Waals surface area (Å²) in [6.45, 7) is 3.85. The second-order valence-electron chi connectivity index (χ2n) is 4.81. The summed E-state index contributed by atoms with van der Waals surface area (Å²) in [4.78, 5) is 10.9. The molecule has 0 fully saturated rings. The normalized spacial score (nSPS) is 18.3. The first-order valence-electron chi connectivity index (χ1n) is 7.40. The Hall–Kier alpha value is -1.59. The number of benzene rings is 1. The average Bonchev–Trinajstić information content (AvgIpc) is 2.52. The zero-order valence-corrected chi connectivity index (χ0v) is 12.2. The first-order chi connectivity index (χ1) is 10.4. The van der Waals surface area contributed by atoms with Gasteiger partial charge in [0.1, 0.15) is 6.29 Å². The van der Waals surface area contributed by atoms with Crippen LogP contribution >= 0.6 is 0 Å². The van der Waals surface area contributed by atoms with Gasteiger partial charge in [0.2, 0.25) is 0 Å². The van der Waals surface area contributed by atoms with Crippen molar-refractivity contribution in [2.45, 2.75) is 19.3 Å². The molecule has 0 radical (unpaired) electrons. The van der Waals surface area contributed by atoms with Gasteiger partial charge in [-0.05, 0) is 24.6 Å². The number of hydrogen-bond acceptors (Lipinski definition) is 5. The minimum absolute atomic E-state index is 0.537. The van der Waals surface area contributed by atoms with Crippen LogP contribution in [0.15, 0.2) is 18.2 Å². The molecule has 0 saturated heterocycles. The second kappa shape index (κ2) is 9.37. The topological polar surface area (TPSA) is 54.0 Å². The highest BCUT2D eigenvalue weighted by molar-refractivity contribution is 5.76. The lowest BCUT2D eigenvalue weighted by atomic mass is 10.2. The molecule has 0 atom stereocenters. The minimum atomic E-state index is 0.537. The van der Waals surface area contributed by atoms with Crippen LogP contribution in [0.5, 0.6) is 11.5 Å². The molecule has 5 heteroatoms. The predicted octanol–water partition coefficient (Wildman–Crippen LogP) is 2.47. The van der Waals surface area contributed by atoms with Gasteiger partial charge in [-0.1, -0.05) is 0 Å². The standard InChI is InChI=1S/C16H22O5/c17-13-14-4-5-15-16(12-14)21-11-3-9-19-7-1-6-18-8-2-10-20-15/h4-5,12-13H,1-3,6-11H2. The smallest absolute Gasteiger partial charge is 0.161 e. The highest BCUT2D eigenvalue weighted by Crippen LogP contribution is 2.28. The number of aldehydes is 1. The summed E-state index contributed by atoms with van der Waals surface area (Å²) in [6, 6.07) is 5.20. The zero-order chi connectivity index (χ0) is 14.8. The molecule has 0 N–H and O–H groups in total. The molecule has 116 valence electrons. The van der Waals surface area contributed by atoms with Crippen molar-refractivity contribution in [1.29, 1.82) is 0 Å². The summed E-state index contributed by atoms with van der Waals surface area (Å²) >= 11 is 0. The van der Waals surface area contributed by atoms with Gasteiger partial charge in [-0.3, -0.25) is 4.79 Å². The van der Waals surface area contributed by atoms with Crippen molar-refractivity contribution >= 4 is 6.29 Å². The van der Waals surface area contributed by atoms with E-state index in [1.165, 1.54) is 0 Å². The first kappa shape index (κ1) is 15.8. The monoisotopic (exact) mass is 294 g/mol. The zero-order valence-electron chi connectivity index (χ0n) is 12.2. The lowest BCUT2D eigenvalue weighted by molar-refractivity contribution is 0.0748. The highest BCUT2D eigenvalue weighted by atomic mass is 16.5. The number of ether oxygens (including phenoxy) is 4. The Bertz CT molecular complexity index is 433. The van der Waals surface area contributed by atoms with Crippen molar-refractivity contribution in [2.75, 3.05) is 39.6 Å². The van der Waals surface area contributed by atoms with Crippen LogP contribution < -0.4 is 9.47 Å². The fourth-order valence-corrected chi connectivity index (χ4v) is 1.98. The van der Waals surface area contributed by atoms with Crippen LogP contribution in [-0.4, -0.2) is 45.9 Å². The molecule has 0 unspecified atom stereocenters. The third-order valence-electron chi connectivity index (χ3n) is 3.06. The number of rotatable bonds is 1. The summed E-state index contributed by atoms with van der Waals surface area (Å²) in [7, 11) is 0. The Morgan fingerprint density at radius 3 is 1.95 bits per heavy atom. The Balaban J connectivity index is 1.98. The van der Waals surface area contributed by atoms with E-state index in [9.17, 15) is 4.79 Å². The molecule has 0 bridgehead atoms. The van der Waals surface area contributed by atoms with E-state index in [2.05, 4.69) is 0 Å². The van der Waals surface area contributed by atoms with Gasteiger partial charge in [-0.25, -0.2) is 0 Å². The maximum absolute atomic E-state index is 10.9. The molecule has 1 aromatic rings. The summed E-state index contributed by atoms with van der Waals surface area (Å²) in [5.74, 6) is 1.27. The Morgan fingerprint density at radius 2 is 1.33 bits per heavy atom. The average molecular weight is 294 g/mol. The highest BCUT2D eigenvalue weighted by Gasteiger charge is 2.07. The van der Waals surface area contributed by atoms with E-state index >= 15 is 0 Å². The van der Waals surface area contributed by atoms with Crippen LogP contribution in [0.3, 0.4) is 0 Å². The third kappa shape index (κ3) is 5.73. The molecule has 21 heavy (non-hydrogen) atoms. The molecule has 0 amide bonds. The van der Waals surface area contributed by atoms with E-state index < -0.39 is 0 Å². The SMILES string of the molecule is O=Cc1ccc2c(c1)OCCCOCCCOCCCO2. The molecule has 0 saturated carbocycles. The van der Waals surface area contributed by atoms with Gasteiger partial charge in [0.25, 0.3) is 0 Å². The Morgan fingerprint density at radius 1 is 0.762 bits per heavy atom. The van der Waals surface area contributed by atoms with E-state index in [-0.39, 0.29) is 0 Å². The van der Waals surface area contributed by atoms with Crippen LogP contribution in [0.25, 0.3) is 0 Å². The van der Waals surface area contributed by atoms with Crippen LogP contribution in [0, 0.1) is 0 Å². The van der Waals surface area contributed by atoms with Gasteiger partial charge >= 0.3 is 0 Å². The van der Waals surface area contributed by atoms with E-state index in [0.29, 0.717) is 50.1 Å². The van der Waals surface area contributed by atoms with Crippen molar-refractivity contribution in [2.24, 2.45) is 0 Å². The van der Waals surface area contributed by atoms with Gasteiger partial charge in [-0.15, -0.1) is 0 Å². The predicted molar refractivity (Wildman–Crippen MR) is 78.3 cm³/mol. The lowest BCUT2D eigenvalue weighted by Gasteiger charge is -2.13. The fraction of sp³-hybridized carbons (Fsp3) is 0.562. The van der Waals surface area contributed by atoms with E-state index in [1.807, 2.05) is 0 Å². The third-order valence-corrected chi connectivity index (χ3v) is 3.06. The van der Waals surface area contributed by atoms with Crippen LogP contribution in [0.2, 0.25) is 0 Å². The van der Waals surface area contributed by atoms with Gasteiger partial charge in [0.05, 0.1) is 13.2 Å². The van der Waals surface area contributed by atoms with Crippen molar-refractivity contribution in [1.82, 2.24) is 0 Å². The maximum Gasteiger partial charge on any atom is 0.161 e. The molecule has 2 rings (SSSR count). The number of carbonyl (C=O) groups excluding carboxylic acids is 1. The molecule has 1 aliphatic heterocycles. The molecule has 0 aromatic heterocycles. The van der Waals surface area contributed by atoms with Crippen molar-refractivity contribution in [3.63, 3.8) is 0 Å². The number of carbonyl (C=O) groups is 1. The van der Waals surface area contributed by atoms with Crippen molar-refractivity contribution in [3.05, 3.63) is 23.8 Å². The van der Waals surface area contributed by atoms with Gasteiger partial charge in [0, 0.05) is 44.8 Å². The molecular weight excluding hydrogens is 272 g/mol. The van der Waals surface area contributed by atoms with E-state index in [0.717, 1.165) is 32.2 Å². The number of fused-ring (bicyclic) bond motifs is 1. The fourth-order valence-electron chi connectivity index (χ4n) is 1.98. The molecule has 1 aliphatic rings. The van der Waals surface area contributed by atoms with Gasteiger partial charge in [-0.2, -0.15) is 0 Å². The van der Waals surface area contributed by atoms with Crippen molar-refractivity contribution in [3.8, 4) is 11.5 Å². The first-order valence-corrected chi connectivity index (χ1v) is 7.40. The molecule has 1 heterocycles. The van der Waals surface area contributed by atoms with Crippen LogP contribution in [0.4, 0.5) is 0 Å². The Labute approximate surface area is 125 Å². The van der Waals surface area contributed by atoms with Crippen LogP contribution in [-0.2, 0) is 9.47 Å². The van der Waals surface area contributed by atoms with Gasteiger partial charge < -0.3 is 18.9 Å². The largest absolute Gasteiger partial charge is 0.490 e. The van der Waals surface area contributed by atoms with Crippen LogP contribution in [0.1, 0.15) is 29.6 Å². The van der Waals surface area contributed by atoms with E-state index in [4.69, 9.17) is 18.9 Å². The van der Waals surface area contributed by atoms with Gasteiger partial charge in [0.15, 0.2) is 11.5 Å². The summed E-state index contributed by atoms with van der Waals surface area (Å²) in [5.41, 5.74) is 0.579. The summed E-state index contributed by atoms with van der Waals surface area (Å²) in [6.07, 6.45) is 3.32. The summed E-state index contributed by atoms with van der Waals surface area (Å²) < 4.78 is 22.4. The lowest BCUT2D eigenvalue weighted by Crippen LogP contribution is -2.06. The van der Waals surface area contributed by atoms with E-state index in [1.54, 1.807) is 18.2 Å². The van der Waals surface area contributed by atoms with Crippen molar-refractivity contribution < 1.29 is 23.7 Å².